The molecular formula is C12H16N2O. The van der Waals surface area contributed by atoms with E-state index in [1.807, 2.05) is 36.1 Å². The van der Waals surface area contributed by atoms with Crippen LogP contribution >= 0.6 is 0 Å². The van der Waals surface area contributed by atoms with Crippen molar-refractivity contribution in [3.05, 3.63) is 35.4 Å². The molecule has 1 aromatic rings. The summed E-state index contributed by atoms with van der Waals surface area (Å²) in [6.45, 7) is 3.47. The van der Waals surface area contributed by atoms with E-state index in [9.17, 15) is 4.79 Å². The van der Waals surface area contributed by atoms with Crippen molar-refractivity contribution in [2.45, 2.75) is 19.4 Å². The van der Waals surface area contributed by atoms with Gasteiger partial charge in [0.1, 0.15) is 0 Å². The van der Waals surface area contributed by atoms with Gasteiger partial charge in [0.15, 0.2) is 0 Å². The van der Waals surface area contributed by atoms with E-state index in [-0.39, 0.29) is 11.9 Å². The molecule has 1 fully saturated rings. The molecule has 1 aliphatic rings. The maximum absolute atomic E-state index is 12.0. The van der Waals surface area contributed by atoms with E-state index in [0.29, 0.717) is 6.54 Å². The van der Waals surface area contributed by atoms with Crippen LogP contribution in [-0.4, -0.2) is 29.9 Å². The first kappa shape index (κ1) is 10.2. The molecule has 1 aromatic carbocycles. The Morgan fingerprint density at radius 3 is 2.93 bits per heavy atom. The fourth-order valence-electron chi connectivity index (χ4n) is 1.93. The van der Waals surface area contributed by atoms with Crippen molar-refractivity contribution in [1.29, 1.82) is 0 Å². The molecule has 2 N–H and O–H groups in total. The average Bonchev–Trinajstić information content (AvgIpc) is 2.64. The molecule has 15 heavy (non-hydrogen) atoms. The summed E-state index contributed by atoms with van der Waals surface area (Å²) in [5, 5.41) is 0. The first-order valence-electron chi connectivity index (χ1n) is 5.28. The molecule has 1 saturated heterocycles. The van der Waals surface area contributed by atoms with E-state index in [0.717, 1.165) is 24.1 Å². The summed E-state index contributed by atoms with van der Waals surface area (Å²) in [6.07, 6.45) is 0.914. The Bertz CT molecular complexity index is 376. The van der Waals surface area contributed by atoms with E-state index >= 15 is 0 Å². The topological polar surface area (TPSA) is 46.3 Å². The van der Waals surface area contributed by atoms with Crippen LogP contribution in [0.25, 0.3) is 0 Å². The molecule has 0 aliphatic carbocycles. The smallest absolute Gasteiger partial charge is 0.253 e. The van der Waals surface area contributed by atoms with E-state index in [1.165, 1.54) is 0 Å². The van der Waals surface area contributed by atoms with Crippen LogP contribution in [0.15, 0.2) is 24.3 Å². The lowest BCUT2D eigenvalue weighted by molar-refractivity contribution is 0.0791. The van der Waals surface area contributed by atoms with Crippen molar-refractivity contribution in [3.63, 3.8) is 0 Å². The third kappa shape index (κ3) is 2.18. The van der Waals surface area contributed by atoms with Gasteiger partial charge in [-0.1, -0.05) is 17.7 Å². The van der Waals surface area contributed by atoms with Crippen molar-refractivity contribution in [1.82, 2.24) is 4.90 Å². The minimum atomic E-state index is 0.103. The number of amides is 1. The van der Waals surface area contributed by atoms with Crippen LogP contribution < -0.4 is 5.73 Å². The van der Waals surface area contributed by atoms with Crippen LogP contribution in [-0.2, 0) is 0 Å². The van der Waals surface area contributed by atoms with Crippen molar-refractivity contribution >= 4 is 5.91 Å². The Balaban J connectivity index is 2.14. The molecule has 0 radical (unpaired) electrons. The third-order valence-corrected chi connectivity index (χ3v) is 2.78. The number of rotatable bonds is 1. The van der Waals surface area contributed by atoms with Crippen LogP contribution in [0.5, 0.6) is 0 Å². The van der Waals surface area contributed by atoms with Crippen LogP contribution in [0, 0.1) is 6.92 Å². The molecule has 0 bridgehead atoms. The lowest BCUT2D eigenvalue weighted by Gasteiger charge is -2.15. The van der Waals surface area contributed by atoms with Gasteiger partial charge in [-0.3, -0.25) is 4.79 Å². The monoisotopic (exact) mass is 204 g/mol. The second-order valence-electron chi connectivity index (χ2n) is 4.17. The summed E-state index contributed by atoms with van der Waals surface area (Å²) in [5.74, 6) is 0.103. The van der Waals surface area contributed by atoms with Crippen LogP contribution in [0.4, 0.5) is 0 Å². The normalized spacial score (nSPS) is 20.7. The Morgan fingerprint density at radius 2 is 2.33 bits per heavy atom. The van der Waals surface area contributed by atoms with Gasteiger partial charge in [0.25, 0.3) is 5.91 Å². The summed E-state index contributed by atoms with van der Waals surface area (Å²) in [4.78, 5) is 13.8. The first-order chi connectivity index (χ1) is 7.16. The predicted molar refractivity (Wildman–Crippen MR) is 59.7 cm³/mol. The quantitative estimate of drug-likeness (QED) is 0.746. The number of hydrogen-bond acceptors (Lipinski definition) is 2. The fourth-order valence-corrected chi connectivity index (χ4v) is 1.93. The minimum absolute atomic E-state index is 0.103. The highest BCUT2D eigenvalue weighted by Gasteiger charge is 2.24. The molecule has 2 rings (SSSR count). The first-order valence-corrected chi connectivity index (χ1v) is 5.28. The molecule has 1 heterocycles. The van der Waals surface area contributed by atoms with Gasteiger partial charge in [-0.2, -0.15) is 0 Å². The number of carbonyl (C=O) groups excluding carboxylic acids is 1. The minimum Gasteiger partial charge on any atom is -0.337 e. The zero-order valence-electron chi connectivity index (χ0n) is 8.94. The van der Waals surface area contributed by atoms with Gasteiger partial charge >= 0.3 is 0 Å². The molecular weight excluding hydrogens is 188 g/mol. The summed E-state index contributed by atoms with van der Waals surface area (Å²) >= 11 is 0. The van der Waals surface area contributed by atoms with Crippen molar-refractivity contribution in [3.8, 4) is 0 Å². The van der Waals surface area contributed by atoms with Gasteiger partial charge in [0.05, 0.1) is 0 Å². The second-order valence-corrected chi connectivity index (χ2v) is 4.17. The highest BCUT2D eigenvalue weighted by molar-refractivity contribution is 5.94. The second kappa shape index (κ2) is 4.03. The lowest BCUT2D eigenvalue weighted by atomic mass is 10.1. The Kier molecular flexibility index (Phi) is 2.73. The number of nitrogens with zero attached hydrogens (tertiary/aromatic N) is 1. The lowest BCUT2D eigenvalue weighted by Crippen LogP contribution is -2.31. The number of nitrogens with two attached hydrogens (primary N) is 1. The third-order valence-electron chi connectivity index (χ3n) is 2.78. The van der Waals surface area contributed by atoms with Crippen LogP contribution in [0.1, 0.15) is 22.3 Å². The van der Waals surface area contributed by atoms with E-state index in [2.05, 4.69) is 0 Å². The summed E-state index contributed by atoms with van der Waals surface area (Å²) in [5.41, 5.74) is 7.66. The number of carbonyl (C=O) groups is 1. The molecule has 80 valence electrons. The van der Waals surface area contributed by atoms with Gasteiger partial charge in [-0.15, -0.1) is 0 Å². The van der Waals surface area contributed by atoms with E-state index < -0.39 is 0 Å². The Morgan fingerprint density at radius 1 is 1.53 bits per heavy atom. The Hall–Kier alpha value is -1.35. The SMILES string of the molecule is Cc1cccc(C(=O)N2CCC(N)C2)c1. The summed E-state index contributed by atoms with van der Waals surface area (Å²) in [7, 11) is 0. The highest BCUT2D eigenvalue weighted by Crippen LogP contribution is 2.13. The number of likely N-dealkylation sites (tertiary alicyclic amines) is 1. The van der Waals surface area contributed by atoms with Gasteiger partial charge in [-0.25, -0.2) is 0 Å². The average molecular weight is 204 g/mol. The molecule has 0 saturated carbocycles. The molecule has 1 aliphatic heterocycles. The maximum Gasteiger partial charge on any atom is 0.253 e. The molecule has 3 nitrogen and oxygen atoms in total. The summed E-state index contributed by atoms with van der Waals surface area (Å²) in [6, 6.07) is 7.84. The number of benzene rings is 1. The zero-order chi connectivity index (χ0) is 10.8. The molecule has 1 atom stereocenters. The highest BCUT2D eigenvalue weighted by atomic mass is 16.2. The van der Waals surface area contributed by atoms with Crippen molar-refractivity contribution in [2.24, 2.45) is 5.73 Å². The van der Waals surface area contributed by atoms with Crippen molar-refractivity contribution in [2.75, 3.05) is 13.1 Å². The van der Waals surface area contributed by atoms with Gasteiger partial charge < -0.3 is 10.6 Å². The fraction of sp³-hybridized carbons (Fsp3) is 0.417. The predicted octanol–water partition coefficient (Wildman–Crippen LogP) is 1.17. The van der Waals surface area contributed by atoms with Gasteiger partial charge in [0.2, 0.25) is 0 Å². The zero-order valence-corrected chi connectivity index (χ0v) is 8.94. The molecule has 1 unspecified atom stereocenters. The largest absolute Gasteiger partial charge is 0.337 e. The number of hydrogen-bond donors (Lipinski definition) is 1. The molecule has 0 spiro atoms. The van der Waals surface area contributed by atoms with E-state index in [4.69, 9.17) is 5.73 Å². The van der Waals surface area contributed by atoms with Gasteiger partial charge in [0, 0.05) is 24.7 Å². The maximum atomic E-state index is 12.0. The molecule has 1 amide bonds. The number of aryl methyl sites for hydroxylation is 1. The molecule has 0 aromatic heterocycles. The van der Waals surface area contributed by atoms with Crippen LogP contribution in [0.3, 0.4) is 0 Å². The van der Waals surface area contributed by atoms with Gasteiger partial charge in [-0.05, 0) is 25.5 Å². The standard InChI is InChI=1S/C12H16N2O/c1-9-3-2-4-10(7-9)12(15)14-6-5-11(13)8-14/h2-4,7,11H,5-6,8,13H2,1H3. The Labute approximate surface area is 89.9 Å². The molecule has 3 heteroatoms. The van der Waals surface area contributed by atoms with Crippen molar-refractivity contribution < 1.29 is 4.79 Å². The van der Waals surface area contributed by atoms with E-state index in [1.54, 1.807) is 0 Å². The van der Waals surface area contributed by atoms with Crippen LogP contribution in [0.2, 0.25) is 0 Å². The summed E-state index contributed by atoms with van der Waals surface area (Å²) < 4.78 is 0.